The predicted molar refractivity (Wildman–Crippen MR) is 79.3 cm³/mol. The second kappa shape index (κ2) is 6.24. The molecule has 0 spiro atoms. The first-order valence-electron chi connectivity index (χ1n) is 7.52. The highest BCUT2D eigenvalue weighted by Gasteiger charge is 2.40. The minimum Gasteiger partial charge on any atom is -0.309 e. The van der Waals surface area contributed by atoms with Gasteiger partial charge >= 0.3 is 6.18 Å². The maximum absolute atomic E-state index is 12.8. The molecule has 2 rings (SSSR count). The highest BCUT2D eigenvalue weighted by Crippen LogP contribution is 2.48. The third kappa shape index (κ3) is 3.77. The molecular weight excluding hydrogens is 297 g/mol. The number of hydrogen-bond donors (Lipinski definition) is 1. The predicted octanol–water partition coefficient (Wildman–Crippen LogP) is 5.03. The summed E-state index contributed by atoms with van der Waals surface area (Å²) in [4.78, 5) is 4.30. The van der Waals surface area contributed by atoms with Gasteiger partial charge in [0.2, 0.25) is 0 Å². The lowest BCUT2D eigenvalue weighted by Crippen LogP contribution is -2.38. The second-order valence-electron chi connectivity index (χ2n) is 6.44. The first-order valence-corrected chi connectivity index (χ1v) is 8.33. The highest BCUT2D eigenvalue weighted by atomic mass is 32.1. The van der Waals surface area contributed by atoms with E-state index in [2.05, 4.69) is 24.1 Å². The van der Waals surface area contributed by atoms with Crippen LogP contribution in [-0.2, 0) is 6.18 Å². The molecule has 1 aromatic rings. The Balaban J connectivity index is 2.28. The van der Waals surface area contributed by atoms with Crippen molar-refractivity contribution in [2.45, 2.75) is 58.7 Å². The summed E-state index contributed by atoms with van der Waals surface area (Å²) >= 11 is 0.784. The molecule has 6 heteroatoms. The lowest BCUT2D eigenvalue weighted by atomic mass is 9.65. The average Bonchev–Trinajstić information content (AvgIpc) is 2.85. The van der Waals surface area contributed by atoms with Crippen molar-refractivity contribution < 1.29 is 13.2 Å². The standard InChI is InChI=1S/C15H23F3N2S/c1-4-19-12(10-7-5-6-8-14(10,2)3)11-9-20-13(21-11)15(16,17)18/h9-10,12,19H,4-8H2,1-3H3. The molecule has 1 aliphatic carbocycles. The minimum absolute atomic E-state index is 0.0288. The normalized spacial score (nSPS) is 24.0. The van der Waals surface area contributed by atoms with Crippen molar-refractivity contribution in [3.8, 4) is 0 Å². The Bertz CT molecular complexity index is 468. The van der Waals surface area contributed by atoms with E-state index in [1.807, 2.05) is 6.92 Å². The van der Waals surface area contributed by atoms with Crippen LogP contribution < -0.4 is 5.32 Å². The molecule has 21 heavy (non-hydrogen) atoms. The number of thiazole rings is 1. The molecule has 0 aliphatic heterocycles. The fourth-order valence-electron chi connectivity index (χ4n) is 3.36. The third-order valence-electron chi connectivity index (χ3n) is 4.49. The molecule has 0 radical (unpaired) electrons. The van der Waals surface area contributed by atoms with E-state index in [0.29, 0.717) is 10.8 Å². The number of aromatic nitrogens is 1. The third-order valence-corrected chi connectivity index (χ3v) is 5.61. The van der Waals surface area contributed by atoms with Gasteiger partial charge in [-0.05, 0) is 30.7 Å². The zero-order chi connectivity index (χ0) is 15.7. The Morgan fingerprint density at radius 2 is 2.14 bits per heavy atom. The molecule has 0 saturated heterocycles. The Hall–Kier alpha value is -0.620. The van der Waals surface area contributed by atoms with E-state index >= 15 is 0 Å². The molecule has 2 nitrogen and oxygen atoms in total. The summed E-state index contributed by atoms with van der Waals surface area (Å²) in [6, 6.07) is -0.0288. The van der Waals surface area contributed by atoms with Gasteiger partial charge in [-0.25, -0.2) is 4.98 Å². The van der Waals surface area contributed by atoms with Crippen molar-refractivity contribution >= 4 is 11.3 Å². The highest BCUT2D eigenvalue weighted by molar-refractivity contribution is 7.11. The first-order chi connectivity index (χ1) is 9.75. The molecule has 0 bridgehead atoms. The van der Waals surface area contributed by atoms with Gasteiger partial charge in [0.05, 0.1) is 0 Å². The van der Waals surface area contributed by atoms with Gasteiger partial charge in [0.15, 0.2) is 5.01 Å². The Labute approximate surface area is 128 Å². The molecule has 0 amide bonds. The topological polar surface area (TPSA) is 24.9 Å². The molecule has 0 aromatic carbocycles. The summed E-state index contributed by atoms with van der Waals surface area (Å²) < 4.78 is 38.3. The number of nitrogens with zero attached hydrogens (tertiary/aromatic N) is 1. The zero-order valence-electron chi connectivity index (χ0n) is 12.8. The largest absolute Gasteiger partial charge is 0.443 e. The SMILES string of the molecule is CCNC(c1cnc(C(F)(F)F)s1)C1CCCCC1(C)C. The summed E-state index contributed by atoms with van der Waals surface area (Å²) in [6.45, 7) is 7.20. The minimum atomic E-state index is -4.35. The smallest absolute Gasteiger partial charge is 0.309 e. The summed E-state index contributed by atoms with van der Waals surface area (Å²) in [7, 11) is 0. The summed E-state index contributed by atoms with van der Waals surface area (Å²) in [5.41, 5.74) is 0.146. The van der Waals surface area contributed by atoms with Crippen LogP contribution in [0.15, 0.2) is 6.20 Å². The monoisotopic (exact) mass is 320 g/mol. The number of hydrogen-bond acceptors (Lipinski definition) is 3. The van der Waals surface area contributed by atoms with Crippen LogP contribution in [0.2, 0.25) is 0 Å². The molecule has 2 atom stereocenters. The van der Waals surface area contributed by atoms with Gasteiger partial charge in [0.25, 0.3) is 0 Å². The fraction of sp³-hybridized carbons (Fsp3) is 0.800. The Morgan fingerprint density at radius 3 is 2.67 bits per heavy atom. The van der Waals surface area contributed by atoms with E-state index in [1.165, 1.54) is 12.6 Å². The Kier molecular flexibility index (Phi) is 4.98. The van der Waals surface area contributed by atoms with Gasteiger partial charge in [0, 0.05) is 17.1 Å². The van der Waals surface area contributed by atoms with Crippen LogP contribution in [0.25, 0.3) is 0 Å². The summed E-state index contributed by atoms with van der Waals surface area (Å²) in [5.74, 6) is 0.354. The van der Waals surface area contributed by atoms with Crippen molar-refractivity contribution in [1.29, 1.82) is 0 Å². The molecule has 1 aliphatic rings. The number of halogens is 3. The van der Waals surface area contributed by atoms with E-state index in [0.717, 1.165) is 37.1 Å². The van der Waals surface area contributed by atoms with E-state index in [9.17, 15) is 13.2 Å². The van der Waals surface area contributed by atoms with E-state index in [4.69, 9.17) is 0 Å². The van der Waals surface area contributed by atoms with Crippen LogP contribution in [0.4, 0.5) is 13.2 Å². The van der Waals surface area contributed by atoms with E-state index < -0.39 is 11.2 Å². The molecule has 120 valence electrons. The van der Waals surface area contributed by atoms with Crippen LogP contribution >= 0.6 is 11.3 Å². The first kappa shape index (κ1) is 16.7. The molecule has 2 unspecified atom stereocenters. The van der Waals surface area contributed by atoms with Crippen LogP contribution in [0.3, 0.4) is 0 Å². The molecule has 1 saturated carbocycles. The lowest BCUT2D eigenvalue weighted by molar-refractivity contribution is -0.137. The van der Waals surface area contributed by atoms with Crippen LogP contribution in [-0.4, -0.2) is 11.5 Å². The second-order valence-corrected chi connectivity index (χ2v) is 7.50. The lowest BCUT2D eigenvalue weighted by Gasteiger charge is -2.43. The van der Waals surface area contributed by atoms with Crippen molar-refractivity contribution in [2.24, 2.45) is 11.3 Å². The van der Waals surface area contributed by atoms with Crippen LogP contribution in [0.5, 0.6) is 0 Å². The van der Waals surface area contributed by atoms with E-state index in [-0.39, 0.29) is 11.5 Å². The quantitative estimate of drug-likeness (QED) is 0.841. The van der Waals surface area contributed by atoms with Crippen molar-refractivity contribution in [1.82, 2.24) is 10.3 Å². The number of nitrogens with one attached hydrogen (secondary N) is 1. The maximum Gasteiger partial charge on any atom is 0.443 e. The van der Waals surface area contributed by atoms with Crippen LogP contribution in [0.1, 0.15) is 62.4 Å². The van der Waals surface area contributed by atoms with Crippen molar-refractivity contribution in [3.05, 3.63) is 16.1 Å². The molecule has 1 aromatic heterocycles. The average molecular weight is 320 g/mol. The summed E-state index contributed by atoms with van der Waals surface area (Å²) in [5, 5.41) is 2.65. The van der Waals surface area contributed by atoms with Gasteiger partial charge in [-0.15, -0.1) is 11.3 Å². The Morgan fingerprint density at radius 1 is 1.43 bits per heavy atom. The molecule has 1 heterocycles. The van der Waals surface area contributed by atoms with Gasteiger partial charge in [-0.2, -0.15) is 13.2 Å². The van der Waals surface area contributed by atoms with Gasteiger partial charge < -0.3 is 5.32 Å². The van der Waals surface area contributed by atoms with Crippen molar-refractivity contribution in [3.63, 3.8) is 0 Å². The zero-order valence-corrected chi connectivity index (χ0v) is 13.6. The van der Waals surface area contributed by atoms with Gasteiger partial charge in [-0.3, -0.25) is 0 Å². The van der Waals surface area contributed by atoms with Crippen LogP contribution in [0, 0.1) is 11.3 Å². The summed E-state index contributed by atoms with van der Waals surface area (Å²) in [6.07, 6.45) is 1.61. The molecule has 1 fully saturated rings. The number of alkyl halides is 3. The number of rotatable bonds is 4. The molecular formula is C15H23F3N2S. The van der Waals surface area contributed by atoms with E-state index in [1.54, 1.807) is 0 Å². The molecule has 1 N–H and O–H groups in total. The van der Waals surface area contributed by atoms with Crippen molar-refractivity contribution in [2.75, 3.05) is 6.54 Å². The van der Waals surface area contributed by atoms with Gasteiger partial charge in [-0.1, -0.05) is 33.6 Å². The maximum atomic E-state index is 12.8. The van der Waals surface area contributed by atoms with Gasteiger partial charge in [0.1, 0.15) is 0 Å². The fourth-order valence-corrected chi connectivity index (χ4v) is 4.29.